The molecule has 0 saturated carbocycles. The summed E-state index contributed by atoms with van der Waals surface area (Å²) in [5, 5.41) is 2.72. The van der Waals surface area contributed by atoms with Gasteiger partial charge >= 0.3 is 12.0 Å². The molecule has 0 bridgehead atoms. The number of pyridine rings is 1. The number of carbonyl (C=O) groups is 3. The lowest BCUT2D eigenvalue weighted by Crippen LogP contribution is -2.42. The highest BCUT2D eigenvalue weighted by atomic mass is 16.5. The van der Waals surface area contributed by atoms with Gasteiger partial charge in [-0.05, 0) is 38.0 Å². The topological polar surface area (TPSA) is 104 Å². The average Bonchev–Trinajstić information content (AvgIpc) is 2.95. The second kappa shape index (κ2) is 8.98. The van der Waals surface area contributed by atoms with Crippen molar-refractivity contribution in [3.63, 3.8) is 0 Å². The van der Waals surface area contributed by atoms with E-state index in [-0.39, 0.29) is 30.6 Å². The molecule has 0 unspecified atom stereocenters. The number of hydrogen-bond donors (Lipinski definition) is 2. The van der Waals surface area contributed by atoms with Crippen molar-refractivity contribution in [1.82, 2.24) is 20.2 Å². The fourth-order valence-corrected chi connectivity index (χ4v) is 2.90. The molecule has 2 aromatic heterocycles. The van der Waals surface area contributed by atoms with Crippen molar-refractivity contribution in [3.8, 4) is 0 Å². The number of aromatic amines is 1. The summed E-state index contributed by atoms with van der Waals surface area (Å²) >= 11 is 0. The molecule has 27 heavy (non-hydrogen) atoms. The van der Waals surface area contributed by atoms with Crippen molar-refractivity contribution in [2.45, 2.75) is 27.3 Å². The number of aromatic nitrogens is 2. The fraction of sp³-hybridized carbons (Fsp3) is 0.368. The minimum atomic E-state index is -0.536. The zero-order valence-electron chi connectivity index (χ0n) is 16.0. The van der Waals surface area contributed by atoms with Gasteiger partial charge in [-0.1, -0.05) is 6.07 Å². The van der Waals surface area contributed by atoms with Crippen LogP contribution in [-0.4, -0.2) is 52.9 Å². The normalized spacial score (nSPS) is 10.4. The monoisotopic (exact) mass is 372 g/mol. The van der Waals surface area contributed by atoms with Crippen molar-refractivity contribution in [1.29, 1.82) is 0 Å². The summed E-state index contributed by atoms with van der Waals surface area (Å²) in [6.07, 6.45) is 3.30. The first-order chi connectivity index (χ1) is 12.9. The number of aryl methyl sites for hydroxylation is 1. The van der Waals surface area contributed by atoms with Gasteiger partial charge in [-0.3, -0.25) is 9.78 Å². The highest BCUT2D eigenvalue weighted by Crippen LogP contribution is 2.20. The minimum absolute atomic E-state index is 0.124. The van der Waals surface area contributed by atoms with Gasteiger partial charge < -0.3 is 19.9 Å². The molecule has 8 heteroatoms. The first kappa shape index (κ1) is 20.2. The molecule has 0 aliphatic carbocycles. The number of urea groups is 1. The van der Waals surface area contributed by atoms with Crippen molar-refractivity contribution in [2.24, 2.45) is 0 Å². The van der Waals surface area contributed by atoms with E-state index < -0.39 is 5.97 Å². The number of amides is 2. The predicted octanol–water partition coefficient (Wildman–Crippen LogP) is 2.23. The molecule has 144 valence electrons. The Kier molecular flexibility index (Phi) is 6.70. The van der Waals surface area contributed by atoms with Crippen LogP contribution in [0.4, 0.5) is 4.79 Å². The van der Waals surface area contributed by atoms with Crippen molar-refractivity contribution in [2.75, 3.05) is 20.2 Å². The molecule has 0 atom stereocenters. The lowest BCUT2D eigenvalue weighted by Gasteiger charge is -2.22. The van der Waals surface area contributed by atoms with E-state index in [1.165, 1.54) is 12.0 Å². The number of H-pyrrole nitrogens is 1. The quantitative estimate of drug-likeness (QED) is 0.573. The molecule has 0 saturated heterocycles. The van der Waals surface area contributed by atoms with Crippen molar-refractivity contribution >= 4 is 17.8 Å². The van der Waals surface area contributed by atoms with Gasteiger partial charge in [0.2, 0.25) is 0 Å². The Morgan fingerprint density at radius 3 is 2.63 bits per heavy atom. The largest absolute Gasteiger partial charge is 0.464 e. The number of esters is 1. The lowest BCUT2D eigenvalue weighted by molar-refractivity contribution is 0.0593. The molecule has 0 fully saturated rings. The average molecular weight is 372 g/mol. The zero-order chi connectivity index (χ0) is 20.0. The molecule has 0 radical (unpaired) electrons. The summed E-state index contributed by atoms with van der Waals surface area (Å²) in [7, 11) is 1.28. The van der Waals surface area contributed by atoms with Gasteiger partial charge in [-0.2, -0.15) is 0 Å². The van der Waals surface area contributed by atoms with Crippen molar-refractivity contribution in [3.05, 3.63) is 52.6 Å². The van der Waals surface area contributed by atoms with Crippen LogP contribution in [0.2, 0.25) is 0 Å². The van der Waals surface area contributed by atoms with Crippen LogP contribution in [0.25, 0.3) is 0 Å². The molecule has 2 amide bonds. The third-order valence-electron chi connectivity index (χ3n) is 4.15. The van der Waals surface area contributed by atoms with Crippen LogP contribution in [0.1, 0.15) is 44.6 Å². The maximum absolute atomic E-state index is 12.9. The van der Waals surface area contributed by atoms with Crippen LogP contribution in [0, 0.1) is 13.8 Å². The Bertz CT molecular complexity index is 830. The number of ether oxygens (including phenoxy) is 1. The second-order valence-corrected chi connectivity index (χ2v) is 6.09. The molecular formula is C19H24N4O4. The Morgan fingerprint density at radius 1 is 1.30 bits per heavy atom. The third-order valence-corrected chi connectivity index (χ3v) is 4.15. The number of nitrogens with zero attached hydrogens (tertiary/aromatic N) is 2. The Morgan fingerprint density at radius 2 is 2.04 bits per heavy atom. The van der Waals surface area contributed by atoms with Gasteiger partial charge in [0.15, 0.2) is 5.78 Å². The van der Waals surface area contributed by atoms with Gasteiger partial charge in [0.05, 0.1) is 13.7 Å². The van der Waals surface area contributed by atoms with Crippen LogP contribution >= 0.6 is 0 Å². The first-order valence-corrected chi connectivity index (χ1v) is 8.61. The minimum Gasteiger partial charge on any atom is -0.464 e. The fourth-order valence-electron chi connectivity index (χ4n) is 2.90. The molecule has 2 N–H and O–H groups in total. The maximum atomic E-state index is 12.9. The zero-order valence-corrected chi connectivity index (χ0v) is 16.0. The predicted molar refractivity (Wildman–Crippen MR) is 99.7 cm³/mol. The van der Waals surface area contributed by atoms with Gasteiger partial charge in [-0.25, -0.2) is 9.59 Å². The van der Waals surface area contributed by atoms with Gasteiger partial charge in [-0.15, -0.1) is 0 Å². The first-order valence-electron chi connectivity index (χ1n) is 8.61. The number of Topliss-reactive ketones (excluding diaryl/α,β-unsaturated/α-hetero) is 1. The van der Waals surface area contributed by atoms with Crippen LogP contribution in [-0.2, 0) is 11.3 Å². The number of carbonyl (C=O) groups excluding carboxylic acids is 3. The van der Waals surface area contributed by atoms with E-state index in [0.717, 1.165) is 5.56 Å². The Balaban J connectivity index is 2.26. The van der Waals surface area contributed by atoms with Gasteiger partial charge in [0.1, 0.15) is 5.69 Å². The summed E-state index contributed by atoms with van der Waals surface area (Å²) < 4.78 is 4.73. The van der Waals surface area contributed by atoms with Crippen LogP contribution in [0.5, 0.6) is 0 Å². The summed E-state index contributed by atoms with van der Waals surface area (Å²) in [6.45, 7) is 5.78. The van der Waals surface area contributed by atoms with E-state index in [1.807, 2.05) is 13.0 Å². The van der Waals surface area contributed by atoms with E-state index in [9.17, 15) is 14.4 Å². The van der Waals surface area contributed by atoms with Crippen LogP contribution in [0.3, 0.4) is 0 Å². The molecule has 0 aromatic carbocycles. The summed E-state index contributed by atoms with van der Waals surface area (Å²) in [5.74, 6) is -0.794. The third kappa shape index (κ3) is 4.72. The van der Waals surface area contributed by atoms with Crippen LogP contribution < -0.4 is 5.32 Å². The Labute approximate surface area is 157 Å². The maximum Gasteiger partial charge on any atom is 0.354 e. The SMILES string of the molecule is CCNC(=O)N(CC(=O)c1c(C)[nH]c(C(=O)OC)c1C)Cc1cccnc1. The van der Waals surface area contributed by atoms with Gasteiger partial charge in [0, 0.05) is 36.7 Å². The second-order valence-electron chi connectivity index (χ2n) is 6.09. The summed E-state index contributed by atoms with van der Waals surface area (Å²) in [5.41, 5.74) is 2.54. The lowest BCUT2D eigenvalue weighted by atomic mass is 10.1. The number of ketones is 1. The molecular weight excluding hydrogens is 348 g/mol. The van der Waals surface area contributed by atoms with E-state index in [1.54, 1.807) is 32.3 Å². The summed E-state index contributed by atoms with van der Waals surface area (Å²) in [6, 6.07) is 3.27. The van der Waals surface area contributed by atoms with E-state index in [4.69, 9.17) is 4.74 Å². The standard InChI is InChI=1S/C19H24N4O4/c1-5-21-19(26)23(10-14-7-6-8-20-9-14)11-15(24)16-12(2)17(18(25)27-4)22-13(16)3/h6-9,22H,5,10-11H2,1-4H3,(H,21,26). The van der Waals surface area contributed by atoms with E-state index in [2.05, 4.69) is 15.3 Å². The molecule has 8 nitrogen and oxygen atoms in total. The van der Waals surface area contributed by atoms with Crippen molar-refractivity contribution < 1.29 is 19.1 Å². The number of rotatable bonds is 7. The highest BCUT2D eigenvalue weighted by molar-refractivity contribution is 6.04. The van der Waals surface area contributed by atoms with Crippen LogP contribution in [0.15, 0.2) is 24.5 Å². The van der Waals surface area contributed by atoms with E-state index >= 15 is 0 Å². The molecule has 2 aromatic rings. The molecule has 2 heterocycles. The molecule has 0 spiro atoms. The highest BCUT2D eigenvalue weighted by Gasteiger charge is 2.25. The van der Waals surface area contributed by atoms with E-state index in [0.29, 0.717) is 23.4 Å². The molecule has 2 rings (SSSR count). The molecule has 0 aliphatic rings. The van der Waals surface area contributed by atoms with Gasteiger partial charge in [0.25, 0.3) is 0 Å². The number of methoxy groups -OCH3 is 1. The summed E-state index contributed by atoms with van der Waals surface area (Å²) in [4.78, 5) is 45.5. The number of nitrogens with one attached hydrogen (secondary N) is 2. The Hall–Kier alpha value is -3.16. The smallest absolute Gasteiger partial charge is 0.354 e. The number of hydrogen-bond acceptors (Lipinski definition) is 5. The molecule has 0 aliphatic heterocycles.